The van der Waals surface area contributed by atoms with Gasteiger partial charge in [-0.25, -0.2) is 0 Å². The molecule has 2 heteroatoms. The maximum absolute atomic E-state index is 2.57. The average Bonchev–Trinajstić information content (AvgIpc) is 3.54. The highest BCUT2D eigenvalue weighted by Gasteiger charge is 2.45. The standard InChI is InChI=1S/C29H20S2/c1-3-7-25-19(5-1)21-15-23-17(13-27(21)30-25)9-11-29(23)12-10-18-14-28-22(16-24(18)29)20-6-2-4-8-26(20)31-28/h1-8,13-16H,9-12H2. The van der Waals surface area contributed by atoms with Gasteiger partial charge in [-0.15, -0.1) is 22.7 Å². The molecule has 1 spiro atoms. The highest BCUT2D eigenvalue weighted by atomic mass is 32.1. The van der Waals surface area contributed by atoms with E-state index in [9.17, 15) is 0 Å². The van der Waals surface area contributed by atoms with Crippen molar-refractivity contribution in [3.05, 3.63) is 95.1 Å². The Balaban J connectivity index is 1.42. The first kappa shape index (κ1) is 16.9. The van der Waals surface area contributed by atoms with E-state index in [0.717, 1.165) is 0 Å². The van der Waals surface area contributed by atoms with Gasteiger partial charge in [0.1, 0.15) is 0 Å². The van der Waals surface area contributed by atoms with Crippen molar-refractivity contribution in [2.75, 3.05) is 0 Å². The van der Waals surface area contributed by atoms with Crippen LogP contribution in [0.5, 0.6) is 0 Å². The van der Waals surface area contributed by atoms with Gasteiger partial charge in [0.05, 0.1) is 0 Å². The molecule has 2 heterocycles. The SMILES string of the molecule is c1ccc2c(c1)sc1cc3c(cc12)C1(CC3)CCc2cc3sc4ccccc4c3cc21. The second-order valence-electron chi connectivity index (χ2n) is 9.29. The number of aryl methyl sites for hydroxylation is 2. The van der Waals surface area contributed by atoms with Crippen LogP contribution in [0.25, 0.3) is 40.3 Å². The van der Waals surface area contributed by atoms with Crippen molar-refractivity contribution in [1.82, 2.24) is 0 Å². The maximum Gasteiger partial charge on any atom is 0.0358 e. The molecule has 0 saturated carbocycles. The molecule has 0 nitrogen and oxygen atoms in total. The lowest BCUT2D eigenvalue weighted by atomic mass is 9.76. The normalized spacial score (nSPS) is 16.8. The Bertz CT molecular complexity index is 1570. The first-order valence-electron chi connectivity index (χ1n) is 11.2. The summed E-state index contributed by atoms with van der Waals surface area (Å²) in [4.78, 5) is 0. The van der Waals surface area contributed by atoms with Gasteiger partial charge in [-0.3, -0.25) is 0 Å². The molecule has 0 saturated heterocycles. The summed E-state index contributed by atoms with van der Waals surface area (Å²) >= 11 is 3.90. The summed E-state index contributed by atoms with van der Waals surface area (Å²) in [5.74, 6) is 0. The van der Waals surface area contributed by atoms with Crippen molar-refractivity contribution in [3.63, 3.8) is 0 Å². The molecule has 2 aliphatic carbocycles. The van der Waals surface area contributed by atoms with Crippen LogP contribution in [-0.2, 0) is 18.3 Å². The van der Waals surface area contributed by atoms with Gasteiger partial charge in [-0.05, 0) is 84.3 Å². The molecule has 0 radical (unpaired) electrons. The lowest BCUT2D eigenvalue weighted by Gasteiger charge is -2.27. The molecule has 0 aliphatic heterocycles. The summed E-state index contributed by atoms with van der Waals surface area (Å²) in [6.07, 6.45) is 4.94. The van der Waals surface area contributed by atoms with Gasteiger partial charge < -0.3 is 0 Å². The van der Waals surface area contributed by atoms with E-state index in [1.807, 2.05) is 22.7 Å². The zero-order valence-electron chi connectivity index (χ0n) is 17.1. The number of rotatable bonds is 0. The average molecular weight is 433 g/mol. The summed E-state index contributed by atoms with van der Waals surface area (Å²) in [6, 6.07) is 28.0. The van der Waals surface area contributed by atoms with Crippen molar-refractivity contribution in [1.29, 1.82) is 0 Å². The third kappa shape index (κ3) is 2.10. The lowest BCUT2D eigenvalue weighted by molar-refractivity contribution is 0.508. The van der Waals surface area contributed by atoms with Crippen LogP contribution < -0.4 is 0 Å². The molecular weight excluding hydrogens is 412 g/mol. The molecule has 0 amide bonds. The molecule has 2 aromatic heterocycles. The minimum atomic E-state index is 0.207. The van der Waals surface area contributed by atoms with Crippen molar-refractivity contribution in [2.24, 2.45) is 0 Å². The van der Waals surface area contributed by atoms with E-state index in [1.54, 1.807) is 22.3 Å². The zero-order valence-corrected chi connectivity index (χ0v) is 18.7. The minimum Gasteiger partial charge on any atom is -0.135 e. The molecule has 0 unspecified atom stereocenters. The summed E-state index contributed by atoms with van der Waals surface area (Å²) in [5, 5.41) is 5.75. The third-order valence-electron chi connectivity index (χ3n) is 7.88. The van der Waals surface area contributed by atoms with Gasteiger partial charge in [0.15, 0.2) is 0 Å². The fraction of sp³-hybridized carbons (Fsp3) is 0.172. The van der Waals surface area contributed by atoms with E-state index in [0.29, 0.717) is 0 Å². The maximum atomic E-state index is 2.57. The number of hydrogen-bond acceptors (Lipinski definition) is 2. The van der Waals surface area contributed by atoms with E-state index >= 15 is 0 Å². The monoisotopic (exact) mass is 432 g/mol. The van der Waals surface area contributed by atoms with E-state index in [4.69, 9.17) is 0 Å². The lowest BCUT2D eigenvalue weighted by Crippen LogP contribution is -2.20. The first-order chi connectivity index (χ1) is 15.3. The minimum absolute atomic E-state index is 0.207. The van der Waals surface area contributed by atoms with Gasteiger partial charge in [-0.1, -0.05) is 36.4 Å². The summed E-state index contributed by atoms with van der Waals surface area (Å²) in [5.41, 5.74) is 6.60. The fourth-order valence-corrected chi connectivity index (χ4v) is 8.74. The molecule has 0 fully saturated rings. The quantitative estimate of drug-likeness (QED) is 0.225. The Kier molecular flexibility index (Phi) is 3.15. The van der Waals surface area contributed by atoms with Crippen LogP contribution >= 0.6 is 22.7 Å². The molecule has 4 aromatic carbocycles. The second-order valence-corrected chi connectivity index (χ2v) is 11.5. The number of fused-ring (bicyclic) bond motifs is 10. The molecule has 0 atom stereocenters. The van der Waals surface area contributed by atoms with Crippen molar-refractivity contribution in [3.8, 4) is 0 Å². The van der Waals surface area contributed by atoms with E-state index in [1.165, 1.54) is 66.0 Å². The predicted molar refractivity (Wildman–Crippen MR) is 136 cm³/mol. The molecule has 8 rings (SSSR count). The summed E-state index contributed by atoms with van der Waals surface area (Å²) in [6.45, 7) is 0. The van der Waals surface area contributed by atoms with Crippen LogP contribution in [0.3, 0.4) is 0 Å². The Hall–Kier alpha value is -2.68. The smallest absolute Gasteiger partial charge is 0.0358 e. The fourth-order valence-electron chi connectivity index (χ4n) is 6.44. The molecular formula is C29H20S2. The van der Waals surface area contributed by atoms with Gasteiger partial charge in [-0.2, -0.15) is 0 Å². The first-order valence-corrected chi connectivity index (χ1v) is 12.8. The van der Waals surface area contributed by atoms with Crippen molar-refractivity contribution >= 4 is 63.0 Å². The van der Waals surface area contributed by atoms with Crippen LogP contribution in [0.1, 0.15) is 35.1 Å². The third-order valence-corrected chi connectivity index (χ3v) is 10.1. The van der Waals surface area contributed by atoms with Gasteiger partial charge in [0.25, 0.3) is 0 Å². The Labute approximate surface area is 188 Å². The van der Waals surface area contributed by atoms with E-state index in [-0.39, 0.29) is 5.41 Å². The number of hydrogen-bond donors (Lipinski definition) is 0. The number of benzene rings is 4. The van der Waals surface area contributed by atoms with Crippen molar-refractivity contribution in [2.45, 2.75) is 31.1 Å². The van der Waals surface area contributed by atoms with Crippen LogP contribution in [0.4, 0.5) is 0 Å². The molecule has 31 heavy (non-hydrogen) atoms. The van der Waals surface area contributed by atoms with Crippen LogP contribution in [0.15, 0.2) is 72.8 Å². The Morgan fingerprint density at radius 1 is 0.516 bits per heavy atom. The summed E-state index contributed by atoms with van der Waals surface area (Å²) in [7, 11) is 0. The molecule has 2 aliphatic rings. The van der Waals surface area contributed by atoms with E-state index in [2.05, 4.69) is 72.8 Å². The largest absolute Gasteiger partial charge is 0.135 e. The van der Waals surface area contributed by atoms with Crippen LogP contribution in [0.2, 0.25) is 0 Å². The van der Waals surface area contributed by atoms with Gasteiger partial charge in [0.2, 0.25) is 0 Å². The topological polar surface area (TPSA) is 0 Å². The highest BCUT2D eigenvalue weighted by molar-refractivity contribution is 7.26. The summed E-state index contributed by atoms with van der Waals surface area (Å²) < 4.78 is 5.73. The van der Waals surface area contributed by atoms with Gasteiger partial charge >= 0.3 is 0 Å². The molecule has 148 valence electrons. The molecule has 6 aromatic rings. The molecule has 0 N–H and O–H groups in total. The van der Waals surface area contributed by atoms with Crippen LogP contribution in [-0.4, -0.2) is 0 Å². The zero-order chi connectivity index (χ0) is 20.2. The van der Waals surface area contributed by atoms with Gasteiger partial charge in [0, 0.05) is 45.8 Å². The highest BCUT2D eigenvalue weighted by Crippen LogP contribution is 2.55. The number of thiophene rings is 2. The second kappa shape index (κ2) is 5.76. The van der Waals surface area contributed by atoms with Crippen LogP contribution in [0, 0.1) is 0 Å². The Morgan fingerprint density at radius 3 is 1.52 bits per heavy atom. The Morgan fingerprint density at radius 2 is 1.00 bits per heavy atom. The predicted octanol–water partition coefficient (Wildman–Crippen LogP) is 8.60. The molecule has 0 bridgehead atoms. The van der Waals surface area contributed by atoms with E-state index < -0.39 is 0 Å². The van der Waals surface area contributed by atoms with Crippen molar-refractivity contribution < 1.29 is 0 Å².